The van der Waals surface area contributed by atoms with Gasteiger partial charge < -0.3 is 14.6 Å². The second-order valence-electron chi connectivity index (χ2n) is 5.93. The van der Waals surface area contributed by atoms with Crippen molar-refractivity contribution in [1.82, 2.24) is 4.90 Å². The number of thioether (sulfide) groups is 2. The van der Waals surface area contributed by atoms with Crippen LogP contribution >= 0.6 is 23.5 Å². The van der Waals surface area contributed by atoms with Gasteiger partial charge in [0.2, 0.25) is 0 Å². The largest absolute Gasteiger partial charge is 0.444 e. The summed E-state index contributed by atoms with van der Waals surface area (Å²) in [7, 11) is 1.48. The standard InChI is InChI=1S/C14H21NO5S2/c1-14(2,3)20-13(18)15-8(7-16)9(17)10-11(12(15)19-4)22-6-5-21-10/h8,12,16H,5-7H2,1-4H3/t8-,12?/m1/s1. The number of aliphatic hydroxyl groups excluding tert-OH is 1. The van der Waals surface area contributed by atoms with Gasteiger partial charge in [-0.2, -0.15) is 0 Å². The van der Waals surface area contributed by atoms with Crippen molar-refractivity contribution in [3.8, 4) is 0 Å². The second-order valence-corrected chi connectivity index (χ2v) is 8.17. The van der Waals surface area contributed by atoms with Crippen molar-refractivity contribution in [3.05, 3.63) is 9.81 Å². The fourth-order valence-electron chi connectivity index (χ4n) is 2.30. The summed E-state index contributed by atoms with van der Waals surface area (Å²) in [6.45, 7) is 4.80. The van der Waals surface area contributed by atoms with Crippen LogP contribution in [0.1, 0.15) is 20.8 Å². The van der Waals surface area contributed by atoms with Crippen molar-refractivity contribution in [2.75, 3.05) is 25.2 Å². The van der Waals surface area contributed by atoms with Crippen LogP contribution < -0.4 is 0 Å². The molecule has 0 aromatic rings. The van der Waals surface area contributed by atoms with E-state index in [0.29, 0.717) is 4.91 Å². The van der Waals surface area contributed by atoms with Gasteiger partial charge in [0.1, 0.15) is 11.6 Å². The van der Waals surface area contributed by atoms with Gasteiger partial charge in [0.25, 0.3) is 0 Å². The molecular weight excluding hydrogens is 326 g/mol. The molecule has 8 heteroatoms. The first kappa shape index (κ1) is 17.7. The smallest absolute Gasteiger partial charge is 0.413 e. The molecule has 1 N–H and O–H groups in total. The van der Waals surface area contributed by atoms with Crippen LogP contribution in [0.3, 0.4) is 0 Å². The average molecular weight is 347 g/mol. The Bertz CT molecular complexity index is 500. The van der Waals surface area contributed by atoms with Crippen LogP contribution in [0.5, 0.6) is 0 Å². The number of ether oxygens (including phenoxy) is 2. The zero-order valence-corrected chi connectivity index (χ0v) is 14.8. The fourth-order valence-corrected chi connectivity index (χ4v) is 4.85. The number of ketones is 1. The Hall–Kier alpha value is -0.700. The fraction of sp³-hybridized carbons (Fsp3) is 0.714. The molecule has 0 saturated heterocycles. The molecule has 1 unspecified atom stereocenters. The molecule has 2 atom stereocenters. The summed E-state index contributed by atoms with van der Waals surface area (Å²) in [5.74, 6) is 1.44. The van der Waals surface area contributed by atoms with Gasteiger partial charge in [0.15, 0.2) is 12.0 Å². The van der Waals surface area contributed by atoms with Crippen LogP contribution in [-0.4, -0.2) is 65.0 Å². The molecule has 0 fully saturated rings. The first-order valence-electron chi connectivity index (χ1n) is 6.99. The van der Waals surface area contributed by atoms with Crippen LogP contribution in [0.15, 0.2) is 9.81 Å². The molecule has 0 aromatic heterocycles. The van der Waals surface area contributed by atoms with Crippen molar-refractivity contribution in [2.45, 2.75) is 38.6 Å². The third-order valence-corrected chi connectivity index (χ3v) is 5.78. The first-order valence-corrected chi connectivity index (χ1v) is 8.96. The van der Waals surface area contributed by atoms with E-state index in [1.165, 1.54) is 35.5 Å². The Morgan fingerprint density at radius 3 is 2.55 bits per heavy atom. The monoisotopic (exact) mass is 347 g/mol. The van der Waals surface area contributed by atoms with Crippen molar-refractivity contribution in [3.63, 3.8) is 0 Å². The molecule has 0 bridgehead atoms. The van der Waals surface area contributed by atoms with E-state index in [-0.39, 0.29) is 5.78 Å². The molecular formula is C14H21NO5S2. The molecule has 0 saturated carbocycles. The second kappa shape index (κ2) is 6.82. The molecule has 1 amide bonds. The lowest BCUT2D eigenvalue weighted by Gasteiger charge is -2.42. The summed E-state index contributed by atoms with van der Waals surface area (Å²) < 4.78 is 10.8. The van der Waals surface area contributed by atoms with Crippen LogP contribution in [0.25, 0.3) is 0 Å². The van der Waals surface area contributed by atoms with Crippen LogP contribution in [0.4, 0.5) is 4.79 Å². The number of rotatable bonds is 2. The van der Waals surface area contributed by atoms with Crippen LogP contribution in [0, 0.1) is 0 Å². The highest BCUT2D eigenvalue weighted by molar-refractivity contribution is 8.10. The number of hydrogen-bond acceptors (Lipinski definition) is 7. The number of nitrogens with zero attached hydrogens (tertiary/aromatic N) is 1. The molecule has 0 aliphatic carbocycles. The molecule has 22 heavy (non-hydrogen) atoms. The number of hydrogen-bond donors (Lipinski definition) is 1. The summed E-state index contributed by atoms with van der Waals surface area (Å²) in [6, 6.07) is -0.968. The molecule has 0 aromatic carbocycles. The minimum absolute atomic E-state index is 0.242. The zero-order valence-electron chi connectivity index (χ0n) is 13.1. The molecule has 0 spiro atoms. The van der Waals surface area contributed by atoms with Crippen molar-refractivity contribution in [1.29, 1.82) is 0 Å². The maximum absolute atomic E-state index is 12.6. The van der Waals surface area contributed by atoms with E-state index in [2.05, 4.69) is 0 Å². The van der Waals surface area contributed by atoms with E-state index < -0.39 is 30.6 Å². The SMILES string of the molecule is COC1C2=C(SCCS2)C(=O)[C@@H](CO)N1C(=O)OC(C)(C)C. The van der Waals surface area contributed by atoms with Crippen molar-refractivity contribution >= 4 is 35.4 Å². The summed E-state index contributed by atoms with van der Waals surface area (Å²) in [4.78, 5) is 27.6. The molecule has 2 rings (SSSR count). The quantitative estimate of drug-likeness (QED) is 0.816. The van der Waals surface area contributed by atoms with Crippen LogP contribution in [-0.2, 0) is 14.3 Å². The van der Waals surface area contributed by atoms with Gasteiger partial charge in [-0.05, 0) is 20.8 Å². The van der Waals surface area contributed by atoms with Gasteiger partial charge in [0, 0.05) is 18.6 Å². The third-order valence-electron chi connectivity index (χ3n) is 3.15. The van der Waals surface area contributed by atoms with E-state index in [9.17, 15) is 14.7 Å². The summed E-state index contributed by atoms with van der Waals surface area (Å²) >= 11 is 2.98. The highest BCUT2D eigenvalue weighted by atomic mass is 32.2. The van der Waals surface area contributed by atoms with Gasteiger partial charge in [0.05, 0.1) is 16.4 Å². The van der Waals surface area contributed by atoms with Gasteiger partial charge in [-0.15, -0.1) is 23.5 Å². The first-order chi connectivity index (χ1) is 10.3. The minimum atomic E-state index is -0.968. The number of Topliss-reactive ketones (excluding diaryl/α,β-unsaturated/α-hetero) is 1. The van der Waals surface area contributed by atoms with E-state index in [0.717, 1.165) is 16.4 Å². The molecule has 2 aliphatic rings. The van der Waals surface area contributed by atoms with Gasteiger partial charge in [-0.1, -0.05) is 0 Å². The molecule has 6 nitrogen and oxygen atoms in total. The predicted molar refractivity (Wildman–Crippen MR) is 86.7 cm³/mol. The number of carbonyl (C=O) groups is 2. The predicted octanol–water partition coefficient (Wildman–Crippen LogP) is 1.83. The maximum atomic E-state index is 12.6. The Labute approximate surface area is 138 Å². The average Bonchev–Trinajstić information content (AvgIpc) is 2.45. The number of aliphatic hydroxyl groups is 1. The molecule has 0 radical (unpaired) electrons. The van der Waals surface area contributed by atoms with Crippen LogP contribution in [0.2, 0.25) is 0 Å². The highest BCUT2D eigenvalue weighted by Crippen LogP contribution is 2.43. The summed E-state index contributed by atoms with van der Waals surface area (Å²) in [6.07, 6.45) is -1.35. The van der Waals surface area contributed by atoms with E-state index >= 15 is 0 Å². The lowest BCUT2D eigenvalue weighted by Crippen LogP contribution is -2.58. The van der Waals surface area contributed by atoms with E-state index in [1.807, 2.05) is 0 Å². The Kier molecular flexibility index (Phi) is 5.47. The lowest BCUT2D eigenvalue weighted by molar-refractivity contribution is -0.129. The molecule has 124 valence electrons. The van der Waals surface area contributed by atoms with Gasteiger partial charge in [-0.25, -0.2) is 4.79 Å². The summed E-state index contributed by atoms with van der Waals surface area (Å²) in [5.41, 5.74) is -0.693. The normalized spacial score (nSPS) is 26.0. The Morgan fingerprint density at radius 2 is 2.00 bits per heavy atom. The lowest BCUT2D eigenvalue weighted by atomic mass is 10.1. The van der Waals surface area contributed by atoms with E-state index in [1.54, 1.807) is 20.8 Å². The zero-order chi connectivity index (χ0) is 16.5. The summed E-state index contributed by atoms with van der Waals surface area (Å²) in [5, 5.41) is 9.62. The Balaban J connectivity index is 2.40. The van der Waals surface area contributed by atoms with Crippen molar-refractivity contribution < 1.29 is 24.2 Å². The van der Waals surface area contributed by atoms with Crippen molar-refractivity contribution in [2.24, 2.45) is 0 Å². The highest BCUT2D eigenvalue weighted by Gasteiger charge is 2.47. The Morgan fingerprint density at radius 1 is 1.36 bits per heavy atom. The number of amides is 1. The minimum Gasteiger partial charge on any atom is -0.444 e. The number of methoxy groups -OCH3 is 1. The van der Waals surface area contributed by atoms with Gasteiger partial charge in [-0.3, -0.25) is 9.69 Å². The maximum Gasteiger partial charge on any atom is 0.413 e. The third kappa shape index (κ3) is 3.45. The number of carbonyl (C=O) groups excluding carboxylic acids is 2. The molecule has 2 heterocycles. The van der Waals surface area contributed by atoms with Gasteiger partial charge >= 0.3 is 6.09 Å². The topological polar surface area (TPSA) is 76.1 Å². The molecule has 2 aliphatic heterocycles. The van der Waals surface area contributed by atoms with E-state index in [4.69, 9.17) is 9.47 Å².